The second-order valence-corrected chi connectivity index (χ2v) is 9.81. The molecule has 0 aliphatic carbocycles. The fourth-order valence-electron chi connectivity index (χ4n) is 3.58. The molecule has 168 valence electrons. The monoisotopic (exact) mass is 461 g/mol. The normalized spacial score (nSPS) is 15.2. The van der Waals surface area contributed by atoms with E-state index < -0.39 is 22.0 Å². The summed E-state index contributed by atoms with van der Waals surface area (Å²) in [4.78, 5) is 13.2. The Labute approximate surface area is 193 Å². The zero-order chi connectivity index (χ0) is 23.6. The van der Waals surface area contributed by atoms with Crippen molar-refractivity contribution in [1.82, 2.24) is 0 Å². The summed E-state index contributed by atoms with van der Waals surface area (Å²) in [5.41, 5.74) is 3.60. The first-order chi connectivity index (χ1) is 15.8. The molecule has 0 radical (unpaired) electrons. The lowest BCUT2D eigenvalue weighted by Crippen LogP contribution is -2.48. The van der Waals surface area contributed by atoms with E-state index in [0.29, 0.717) is 17.1 Å². The lowest BCUT2D eigenvalue weighted by atomic mass is 10.1. The summed E-state index contributed by atoms with van der Waals surface area (Å²) in [5.74, 6) is -0.124. The van der Waals surface area contributed by atoms with Gasteiger partial charge in [-0.05, 0) is 61.4 Å². The molecule has 33 heavy (non-hydrogen) atoms. The number of nitriles is 1. The minimum atomic E-state index is -3.91. The molecule has 1 atom stereocenters. The number of amides is 1. The molecule has 3 aromatic rings. The van der Waals surface area contributed by atoms with Crippen LogP contribution in [0.4, 0.5) is 11.4 Å². The topological polar surface area (TPSA) is 99.5 Å². The predicted molar refractivity (Wildman–Crippen MR) is 126 cm³/mol. The van der Waals surface area contributed by atoms with E-state index in [2.05, 4.69) is 11.4 Å². The molecular weight excluding hydrogens is 438 g/mol. The van der Waals surface area contributed by atoms with Gasteiger partial charge in [0.25, 0.3) is 15.9 Å². The van der Waals surface area contributed by atoms with Gasteiger partial charge in [-0.15, -0.1) is 0 Å². The van der Waals surface area contributed by atoms with Crippen LogP contribution in [0.1, 0.15) is 16.7 Å². The molecule has 1 aliphatic heterocycles. The number of ether oxygens (including phenoxy) is 1. The number of fused-ring (bicyclic) bond motifs is 1. The summed E-state index contributed by atoms with van der Waals surface area (Å²) in [6.45, 7) is 3.59. The predicted octanol–water partition coefficient (Wildman–Crippen LogP) is 3.96. The number of sulfonamides is 1. The molecule has 3 aromatic carbocycles. The third kappa shape index (κ3) is 4.69. The van der Waals surface area contributed by atoms with Crippen LogP contribution in [-0.2, 0) is 21.2 Å². The minimum absolute atomic E-state index is 0.147. The van der Waals surface area contributed by atoms with E-state index in [4.69, 9.17) is 10.00 Å². The van der Waals surface area contributed by atoms with Crippen LogP contribution in [0.25, 0.3) is 0 Å². The van der Waals surface area contributed by atoms with Crippen molar-refractivity contribution in [3.8, 4) is 11.8 Å². The van der Waals surface area contributed by atoms with E-state index in [9.17, 15) is 13.2 Å². The first-order valence-corrected chi connectivity index (χ1v) is 11.9. The van der Waals surface area contributed by atoms with Crippen LogP contribution in [-0.4, -0.2) is 27.0 Å². The van der Waals surface area contributed by atoms with Crippen molar-refractivity contribution in [3.63, 3.8) is 0 Å². The first kappa shape index (κ1) is 22.4. The van der Waals surface area contributed by atoms with Gasteiger partial charge in [-0.1, -0.05) is 35.9 Å². The maximum Gasteiger partial charge on any atom is 0.267 e. The quantitative estimate of drug-likeness (QED) is 0.620. The molecular formula is C25H23N3O4S. The fourth-order valence-corrected chi connectivity index (χ4v) is 5.06. The van der Waals surface area contributed by atoms with Gasteiger partial charge in [0.15, 0.2) is 6.10 Å². The smallest absolute Gasteiger partial charge is 0.267 e. The van der Waals surface area contributed by atoms with Crippen molar-refractivity contribution >= 4 is 27.3 Å². The number of carbonyl (C=O) groups excluding carboxylic acids is 1. The summed E-state index contributed by atoms with van der Waals surface area (Å²) < 4.78 is 34.1. The molecule has 1 N–H and O–H groups in total. The van der Waals surface area contributed by atoms with Gasteiger partial charge < -0.3 is 10.1 Å². The van der Waals surface area contributed by atoms with Crippen LogP contribution in [0.3, 0.4) is 0 Å². The van der Waals surface area contributed by atoms with Crippen molar-refractivity contribution in [2.45, 2.75) is 31.3 Å². The van der Waals surface area contributed by atoms with Crippen molar-refractivity contribution in [1.29, 1.82) is 5.26 Å². The second kappa shape index (κ2) is 8.96. The number of hydrogen-bond acceptors (Lipinski definition) is 5. The second-order valence-electron chi connectivity index (χ2n) is 7.95. The Morgan fingerprint density at radius 3 is 2.39 bits per heavy atom. The Hall–Kier alpha value is -3.83. The Morgan fingerprint density at radius 2 is 1.73 bits per heavy atom. The van der Waals surface area contributed by atoms with E-state index >= 15 is 0 Å². The molecule has 0 unspecified atom stereocenters. The van der Waals surface area contributed by atoms with E-state index in [1.807, 2.05) is 19.9 Å². The minimum Gasteiger partial charge on any atom is -0.476 e. The number of carbonyl (C=O) groups is 1. The third-order valence-electron chi connectivity index (χ3n) is 5.39. The van der Waals surface area contributed by atoms with Gasteiger partial charge in [0.1, 0.15) is 5.75 Å². The molecule has 1 amide bonds. The van der Waals surface area contributed by atoms with Crippen molar-refractivity contribution < 1.29 is 17.9 Å². The molecule has 8 heteroatoms. The average Bonchev–Trinajstić information content (AvgIpc) is 2.79. The van der Waals surface area contributed by atoms with E-state index in [0.717, 1.165) is 16.7 Å². The highest BCUT2D eigenvalue weighted by atomic mass is 32.2. The summed E-state index contributed by atoms with van der Waals surface area (Å²) >= 11 is 0. The van der Waals surface area contributed by atoms with Crippen LogP contribution >= 0.6 is 0 Å². The van der Waals surface area contributed by atoms with Gasteiger partial charge in [0.05, 0.1) is 29.6 Å². The largest absolute Gasteiger partial charge is 0.476 e. The number of aryl methyl sites for hydroxylation is 2. The Kier molecular flexibility index (Phi) is 6.07. The molecule has 0 fully saturated rings. The summed E-state index contributed by atoms with van der Waals surface area (Å²) in [7, 11) is -3.91. The Balaban J connectivity index is 1.64. The maximum absolute atomic E-state index is 13.5. The zero-order valence-electron chi connectivity index (χ0n) is 18.3. The van der Waals surface area contributed by atoms with E-state index in [1.165, 1.54) is 4.31 Å². The van der Waals surface area contributed by atoms with Gasteiger partial charge in [-0.3, -0.25) is 9.10 Å². The highest BCUT2D eigenvalue weighted by Gasteiger charge is 2.37. The number of hydrogen-bond donors (Lipinski definition) is 1. The Bertz CT molecular complexity index is 1330. The van der Waals surface area contributed by atoms with Crippen molar-refractivity contribution in [2.24, 2.45) is 0 Å². The van der Waals surface area contributed by atoms with Crippen LogP contribution in [0.5, 0.6) is 5.75 Å². The standard InChI is InChI=1S/C25H23N3O4S/c1-17-3-10-21(11-4-17)33(30,31)28-16-24(32-23-15-18(2)5-12-22(23)28)25(29)27-20-8-6-19(7-9-20)13-14-26/h3-12,15,24H,13,16H2,1-2H3,(H,27,29)/t24-/m1/s1. The summed E-state index contributed by atoms with van der Waals surface area (Å²) in [6, 6.07) is 20.8. The average molecular weight is 462 g/mol. The lowest BCUT2D eigenvalue weighted by Gasteiger charge is -2.35. The van der Waals surface area contributed by atoms with Gasteiger partial charge in [0.2, 0.25) is 0 Å². The van der Waals surface area contributed by atoms with Crippen LogP contribution in [0.2, 0.25) is 0 Å². The third-order valence-corrected chi connectivity index (χ3v) is 7.18. The van der Waals surface area contributed by atoms with Crippen molar-refractivity contribution in [2.75, 3.05) is 16.2 Å². The number of rotatable bonds is 5. The molecule has 7 nitrogen and oxygen atoms in total. The number of anilines is 2. The van der Waals surface area contributed by atoms with Gasteiger partial charge in [-0.25, -0.2) is 8.42 Å². The van der Waals surface area contributed by atoms with Crippen LogP contribution < -0.4 is 14.4 Å². The number of nitrogens with one attached hydrogen (secondary N) is 1. The summed E-state index contributed by atoms with van der Waals surface area (Å²) in [5, 5.41) is 11.6. The van der Waals surface area contributed by atoms with Gasteiger partial charge in [-0.2, -0.15) is 5.26 Å². The molecule has 1 aliphatic rings. The van der Waals surface area contributed by atoms with E-state index in [1.54, 1.807) is 60.7 Å². The summed E-state index contributed by atoms with van der Waals surface area (Å²) in [6.07, 6.45) is -0.764. The highest BCUT2D eigenvalue weighted by molar-refractivity contribution is 7.92. The molecule has 0 aromatic heterocycles. The lowest BCUT2D eigenvalue weighted by molar-refractivity contribution is -0.122. The molecule has 0 spiro atoms. The Morgan fingerprint density at radius 1 is 1.06 bits per heavy atom. The first-order valence-electron chi connectivity index (χ1n) is 10.4. The fraction of sp³-hybridized carbons (Fsp3) is 0.200. The molecule has 0 saturated heterocycles. The molecule has 0 saturated carbocycles. The maximum atomic E-state index is 13.5. The number of benzene rings is 3. The van der Waals surface area contributed by atoms with Crippen LogP contribution in [0.15, 0.2) is 71.6 Å². The van der Waals surface area contributed by atoms with Crippen LogP contribution in [0, 0.1) is 25.2 Å². The van der Waals surface area contributed by atoms with Gasteiger partial charge in [0, 0.05) is 5.69 Å². The highest BCUT2D eigenvalue weighted by Crippen LogP contribution is 2.38. The SMILES string of the molecule is Cc1ccc(S(=O)(=O)N2C[C@H](C(=O)Nc3ccc(CC#N)cc3)Oc3cc(C)ccc32)cc1. The molecule has 4 rings (SSSR count). The van der Waals surface area contributed by atoms with Gasteiger partial charge >= 0.3 is 0 Å². The zero-order valence-corrected chi connectivity index (χ0v) is 19.1. The molecule has 1 heterocycles. The molecule has 0 bridgehead atoms. The number of nitrogens with zero attached hydrogens (tertiary/aromatic N) is 2. The van der Waals surface area contributed by atoms with E-state index in [-0.39, 0.29) is 17.9 Å². The van der Waals surface area contributed by atoms with Crippen molar-refractivity contribution in [3.05, 3.63) is 83.4 Å².